The Morgan fingerprint density at radius 3 is 2.73 bits per heavy atom. The number of carbonyl (C=O) groups is 1. The molecule has 8 heteroatoms. The van der Waals surface area contributed by atoms with Gasteiger partial charge in [0.25, 0.3) is 5.56 Å². The highest BCUT2D eigenvalue weighted by Crippen LogP contribution is 2.15. The number of halogens is 1. The number of hydrogen-bond acceptors (Lipinski definition) is 5. The van der Waals surface area contributed by atoms with Crippen molar-refractivity contribution in [3.05, 3.63) is 75.7 Å². The summed E-state index contributed by atoms with van der Waals surface area (Å²) in [6, 6.07) is 14.7. The molecule has 0 aliphatic heterocycles. The van der Waals surface area contributed by atoms with E-state index < -0.39 is 11.5 Å². The largest absolute Gasteiger partial charge is 0.324 e. The molecule has 0 unspecified atom stereocenters. The maximum atomic E-state index is 12.2. The Morgan fingerprint density at radius 2 is 2.00 bits per heavy atom. The van der Waals surface area contributed by atoms with E-state index in [1.54, 1.807) is 36.4 Å². The minimum atomic E-state index is -0.434. The summed E-state index contributed by atoms with van der Waals surface area (Å²) in [6.07, 6.45) is 1.48. The average molecular weight is 366 g/mol. The van der Waals surface area contributed by atoms with Gasteiger partial charge in [0, 0.05) is 18.0 Å². The highest BCUT2D eigenvalue weighted by molar-refractivity contribution is 6.30. The zero-order valence-corrected chi connectivity index (χ0v) is 14.1. The lowest BCUT2D eigenvalue weighted by atomic mass is 10.2. The number of nitriles is 1. The molecule has 1 N–H and O–H groups in total. The van der Waals surface area contributed by atoms with Crippen molar-refractivity contribution in [3.8, 4) is 17.5 Å². The van der Waals surface area contributed by atoms with Crippen molar-refractivity contribution >= 4 is 23.2 Å². The molecule has 0 spiro atoms. The van der Waals surface area contributed by atoms with Crippen LogP contribution in [0.2, 0.25) is 5.02 Å². The van der Waals surface area contributed by atoms with Crippen LogP contribution in [0.15, 0.2) is 59.5 Å². The second-order valence-electron chi connectivity index (χ2n) is 5.32. The normalized spacial score (nSPS) is 10.2. The molecule has 2 heterocycles. The fraction of sp³-hybridized carbons (Fsp3) is 0.0556. The number of aromatic nitrogens is 3. The third-order valence-electron chi connectivity index (χ3n) is 3.43. The molecule has 0 atom stereocenters. The van der Waals surface area contributed by atoms with Crippen molar-refractivity contribution in [1.82, 2.24) is 14.8 Å². The van der Waals surface area contributed by atoms with Crippen LogP contribution in [0.5, 0.6) is 0 Å². The van der Waals surface area contributed by atoms with Gasteiger partial charge in [-0.3, -0.25) is 14.6 Å². The van der Waals surface area contributed by atoms with Crippen LogP contribution in [-0.2, 0) is 11.3 Å². The maximum absolute atomic E-state index is 12.2. The van der Waals surface area contributed by atoms with E-state index >= 15 is 0 Å². The lowest BCUT2D eigenvalue weighted by Gasteiger charge is -2.08. The van der Waals surface area contributed by atoms with E-state index in [-0.39, 0.29) is 6.54 Å². The summed E-state index contributed by atoms with van der Waals surface area (Å²) >= 11 is 5.81. The lowest BCUT2D eigenvalue weighted by Crippen LogP contribution is -2.29. The van der Waals surface area contributed by atoms with Gasteiger partial charge in [-0.25, -0.2) is 4.68 Å². The number of anilines is 1. The molecular weight excluding hydrogens is 354 g/mol. The smallest absolute Gasteiger partial charge is 0.267 e. The van der Waals surface area contributed by atoms with E-state index in [2.05, 4.69) is 15.4 Å². The number of nitrogens with one attached hydrogen (secondary N) is 1. The molecule has 0 radical (unpaired) electrons. The minimum absolute atomic E-state index is 0.267. The maximum Gasteiger partial charge on any atom is 0.267 e. The van der Waals surface area contributed by atoms with Crippen molar-refractivity contribution in [2.75, 3.05) is 5.32 Å². The van der Waals surface area contributed by atoms with Gasteiger partial charge in [-0.1, -0.05) is 17.7 Å². The standard InChI is InChI=1S/C18H12ClN5O2/c19-13-4-5-15(21-10-13)16-6-7-18(26)24(23-16)11-17(25)22-14-3-1-2-12(8-14)9-20/h1-8,10H,11H2,(H,22,25). The van der Waals surface area contributed by atoms with E-state index in [0.29, 0.717) is 27.7 Å². The van der Waals surface area contributed by atoms with E-state index in [9.17, 15) is 9.59 Å². The van der Waals surface area contributed by atoms with Gasteiger partial charge < -0.3 is 5.32 Å². The molecule has 1 aromatic carbocycles. The Kier molecular flexibility index (Phi) is 5.06. The summed E-state index contributed by atoms with van der Waals surface area (Å²) in [4.78, 5) is 28.3. The summed E-state index contributed by atoms with van der Waals surface area (Å²) in [5.74, 6) is -0.434. The Morgan fingerprint density at radius 1 is 1.19 bits per heavy atom. The van der Waals surface area contributed by atoms with Crippen LogP contribution in [-0.4, -0.2) is 20.7 Å². The SMILES string of the molecule is N#Cc1cccc(NC(=O)Cn2nc(-c3ccc(Cl)cn3)ccc2=O)c1. The minimum Gasteiger partial charge on any atom is -0.324 e. The summed E-state index contributed by atoms with van der Waals surface area (Å²) in [6.45, 7) is -0.267. The van der Waals surface area contributed by atoms with Crippen LogP contribution in [0.25, 0.3) is 11.4 Å². The number of amides is 1. The van der Waals surface area contributed by atoms with Crippen molar-refractivity contribution in [2.45, 2.75) is 6.54 Å². The summed E-state index contributed by atoms with van der Waals surface area (Å²) in [5, 5.41) is 16.2. The van der Waals surface area contributed by atoms with Gasteiger partial charge in [-0.15, -0.1) is 0 Å². The highest BCUT2D eigenvalue weighted by atomic mass is 35.5. The van der Waals surface area contributed by atoms with E-state index in [1.807, 2.05) is 6.07 Å². The van der Waals surface area contributed by atoms with E-state index in [1.165, 1.54) is 18.3 Å². The topological polar surface area (TPSA) is 101 Å². The van der Waals surface area contributed by atoms with Crippen LogP contribution in [0.1, 0.15) is 5.56 Å². The monoisotopic (exact) mass is 365 g/mol. The zero-order chi connectivity index (χ0) is 18.5. The summed E-state index contributed by atoms with van der Waals surface area (Å²) < 4.78 is 1.05. The predicted molar refractivity (Wildman–Crippen MR) is 96.5 cm³/mol. The summed E-state index contributed by atoms with van der Waals surface area (Å²) in [5.41, 5.74) is 1.46. The second kappa shape index (κ2) is 7.59. The van der Waals surface area contributed by atoms with Gasteiger partial charge in [0.15, 0.2) is 0 Å². The van der Waals surface area contributed by atoms with E-state index in [4.69, 9.17) is 16.9 Å². The van der Waals surface area contributed by atoms with Gasteiger partial charge in [0.05, 0.1) is 22.3 Å². The van der Waals surface area contributed by atoms with Crippen molar-refractivity contribution < 1.29 is 4.79 Å². The van der Waals surface area contributed by atoms with Crippen LogP contribution in [0.4, 0.5) is 5.69 Å². The fourth-order valence-electron chi connectivity index (χ4n) is 2.23. The molecule has 2 aromatic heterocycles. The Balaban J connectivity index is 1.79. The number of benzene rings is 1. The first-order valence-electron chi connectivity index (χ1n) is 7.55. The third kappa shape index (κ3) is 4.12. The predicted octanol–water partition coefficient (Wildman–Crippen LogP) is 2.47. The van der Waals surface area contributed by atoms with Crippen LogP contribution in [0.3, 0.4) is 0 Å². The Labute approximate surface area is 153 Å². The molecule has 7 nitrogen and oxygen atoms in total. The first-order valence-corrected chi connectivity index (χ1v) is 7.93. The van der Waals surface area contributed by atoms with Crippen molar-refractivity contribution in [3.63, 3.8) is 0 Å². The quantitative estimate of drug-likeness (QED) is 0.765. The average Bonchev–Trinajstić information content (AvgIpc) is 2.64. The second-order valence-corrected chi connectivity index (χ2v) is 5.75. The molecular formula is C18H12ClN5O2. The van der Waals surface area contributed by atoms with Gasteiger partial charge in [0.1, 0.15) is 12.2 Å². The lowest BCUT2D eigenvalue weighted by molar-refractivity contribution is -0.117. The number of nitrogens with zero attached hydrogens (tertiary/aromatic N) is 4. The molecule has 3 rings (SSSR count). The first-order chi connectivity index (χ1) is 12.5. The molecule has 1 amide bonds. The third-order valence-corrected chi connectivity index (χ3v) is 3.65. The van der Waals surface area contributed by atoms with Crippen LogP contribution in [0, 0.1) is 11.3 Å². The van der Waals surface area contributed by atoms with Gasteiger partial charge >= 0.3 is 0 Å². The molecule has 0 saturated heterocycles. The molecule has 0 fully saturated rings. The molecule has 26 heavy (non-hydrogen) atoms. The molecule has 0 aliphatic rings. The Hall–Kier alpha value is -3.50. The zero-order valence-electron chi connectivity index (χ0n) is 13.4. The van der Waals surface area contributed by atoms with Gasteiger partial charge in [-0.2, -0.15) is 10.4 Å². The first kappa shape index (κ1) is 17.3. The number of carbonyl (C=O) groups excluding carboxylic acids is 1. The van der Waals surface area contributed by atoms with Crippen molar-refractivity contribution in [1.29, 1.82) is 5.26 Å². The number of pyridine rings is 1. The van der Waals surface area contributed by atoms with E-state index in [0.717, 1.165) is 4.68 Å². The van der Waals surface area contributed by atoms with Gasteiger partial charge in [-0.05, 0) is 36.4 Å². The van der Waals surface area contributed by atoms with Crippen LogP contribution < -0.4 is 10.9 Å². The van der Waals surface area contributed by atoms with Crippen molar-refractivity contribution in [2.24, 2.45) is 0 Å². The molecule has 0 bridgehead atoms. The fourth-order valence-corrected chi connectivity index (χ4v) is 2.34. The summed E-state index contributed by atoms with van der Waals surface area (Å²) in [7, 11) is 0. The number of rotatable bonds is 4. The highest BCUT2D eigenvalue weighted by Gasteiger charge is 2.09. The molecule has 0 saturated carbocycles. The van der Waals surface area contributed by atoms with Crippen LogP contribution >= 0.6 is 11.6 Å². The number of hydrogen-bond donors (Lipinski definition) is 1. The Bertz CT molecular complexity index is 1050. The molecule has 0 aliphatic carbocycles. The molecule has 128 valence electrons. The molecule has 3 aromatic rings. The van der Waals surface area contributed by atoms with Gasteiger partial charge in [0.2, 0.25) is 5.91 Å².